The molecule has 62 valence electrons. The lowest BCUT2D eigenvalue weighted by atomic mass is 10.1. The molecule has 0 bridgehead atoms. The van der Waals surface area contributed by atoms with Gasteiger partial charge in [-0.3, -0.25) is 0 Å². The summed E-state index contributed by atoms with van der Waals surface area (Å²) in [5, 5.41) is 0. The average Bonchev–Trinajstić information content (AvgIpc) is 1.62. The van der Waals surface area contributed by atoms with E-state index in [4.69, 9.17) is 5.73 Å². The van der Waals surface area contributed by atoms with E-state index in [1.165, 1.54) is 6.26 Å². The van der Waals surface area contributed by atoms with Crippen molar-refractivity contribution in [2.45, 2.75) is 31.6 Å². The Morgan fingerprint density at radius 1 is 1.40 bits per heavy atom. The van der Waals surface area contributed by atoms with Crippen molar-refractivity contribution < 1.29 is 8.42 Å². The summed E-state index contributed by atoms with van der Waals surface area (Å²) in [7, 11) is -3.03. The zero-order valence-electron chi connectivity index (χ0n) is 6.88. The molecule has 1 unspecified atom stereocenters. The molecule has 4 heteroatoms. The Labute approximate surface area is 62.5 Å². The molecule has 0 fully saturated rings. The topological polar surface area (TPSA) is 60.2 Å². The van der Waals surface area contributed by atoms with E-state index in [0.29, 0.717) is 0 Å². The van der Waals surface area contributed by atoms with E-state index in [0.717, 1.165) is 0 Å². The van der Waals surface area contributed by atoms with Crippen LogP contribution in [0.2, 0.25) is 0 Å². The fourth-order valence-electron chi connectivity index (χ4n) is 0.338. The van der Waals surface area contributed by atoms with Gasteiger partial charge in [0.15, 0.2) is 9.84 Å². The molecule has 10 heavy (non-hydrogen) atoms. The van der Waals surface area contributed by atoms with Gasteiger partial charge in [-0.15, -0.1) is 0 Å². The van der Waals surface area contributed by atoms with Crippen molar-refractivity contribution in [3.8, 4) is 0 Å². The normalized spacial score (nSPS) is 16.9. The van der Waals surface area contributed by atoms with Crippen molar-refractivity contribution in [2.75, 3.05) is 6.26 Å². The number of nitrogens with two attached hydrogens (primary N) is 1. The maximum Gasteiger partial charge on any atom is 0.154 e. The van der Waals surface area contributed by atoms with Crippen LogP contribution >= 0.6 is 0 Å². The SMILES string of the molecule is CC(N)C(C)(C)S(C)(=O)=O. The summed E-state index contributed by atoms with van der Waals surface area (Å²) in [5.74, 6) is 0. The smallest absolute Gasteiger partial charge is 0.154 e. The zero-order valence-corrected chi connectivity index (χ0v) is 7.70. The van der Waals surface area contributed by atoms with Crippen molar-refractivity contribution in [3.63, 3.8) is 0 Å². The third-order valence-corrected chi connectivity index (χ3v) is 4.34. The monoisotopic (exact) mass is 165 g/mol. The van der Waals surface area contributed by atoms with Crippen LogP contribution in [0.5, 0.6) is 0 Å². The number of sulfone groups is 1. The molecule has 0 aromatic carbocycles. The zero-order chi connectivity index (χ0) is 8.58. The highest BCUT2D eigenvalue weighted by Crippen LogP contribution is 2.17. The number of hydrogen-bond donors (Lipinski definition) is 1. The Hall–Kier alpha value is -0.0900. The first-order valence-electron chi connectivity index (χ1n) is 3.15. The van der Waals surface area contributed by atoms with Crippen molar-refractivity contribution in [1.82, 2.24) is 0 Å². The molecule has 2 N–H and O–H groups in total. The minimum Gasteiger partial charge on any atom is -0.327 e. The molecule has 0 aliphatic heterocycles. The lowest BCUT2D eigenvalue weighted by molar-refractivity contribution is 0.505. The molecular weight excluding hydrogens is 150 g/mol. The van der Waals surface area contributed by atoms with Crippen LogP contribution in [0.4, 0.5) is 0 Å². The van der Waals surface area contributed by atoms with Gasteiger partial charge in [0, 0.05) is 12.3 Å². The highest BCUT2D eigenvalue weighted by Gasteiger charge is 2.33. The lowest BCUT2D eigenvalue weighted by Crippen LogP contribution is -2.46. The van der Waals surface area contributed by atoms with E-state index in [1.54, 1.807) is 20.8 Å². The van der Waals surface area contributed by atoms with Crippen molar-refractivity contribution in [2.24, 2.45) is 5.73 Å². The van der Waals surface area contributed by atoms with E-state index in [2.05, 4.69) is 0 Å². The van der Waals surface area contributed by atoms with Gasteiger partial charge in [-0.2, -0.15) is 0 Å². The van der Waals surface area contributed by atoms with Crippen molar-refractivity contribution in [1.29, 1.82) is 0 Å². The molecule has 1 atom stereocenters. The second-order valence-corrected chi connectivity index (χ2v) is 5.76. The summed E-state index contributed by atoms with van der Waals surface area (Å²) < 4.78 is 21.2. The minimum absolute atomic E-state index is 0.331. The van der Waals surface area contributed by atoms with Crippen LogP contribution in [0, 0.1) is 0 Å². The first-order chi connectivity index (χ1) is 4.19. The second kappa shape index (κ2) is 2.51. The molecule has 0 radical (unpaired) electrons. The van der Waals surface area contributed by atoms with E-state index in [9.17, 15) is 8.42 Å². The van der Waals surface area contributed by atoms with Gasteiger partial charge in [-0.25, -0.2) is 8.42 Å². The molecule has 3 nitrogen and oxygen atoms in total. The summed E-state index contributed by atoms with van der Waals surface area (Å²) in [6.45, 7) is 4.96. The molecule has 0 rings (SSSR count). The largest absolute Gasteiger partial charge is 0.327 e. The highest BCUT2D eigenvalue weighted by atomic mass is 32.2. The minimum atomic E-state index is -3.03. The molecule has 0 spiro atoms. The molecule has 0 aliphatic carbocycles. The third kappa shape index (κ3) is 1.70. The van der Waals surface area contributed by atoms with Crippen LogP contribution < -0.4 is 5.73 Å². The maximum absolute atomic E-state index is 11.0. The van der Waals surface area contributed by atoms with Gasteiger partial charge in [-0.1, -0.05) is 0 Å². The maximum atomic E-state index is 11.0. The van der Waals surface area contributed by atoms with Gasteiger partial charge in [0.05, 0.1) is 4.75 Å². The molecule has 0 aromatic heterocycles. The molecule has 0 saturated carbocycles. The Morgan fingerprint density at radius 3 is 1.70 bits per heavy atom. The molecule has 0 heterocycles. The summed E-state index contributed by atoms with van der Waals surface area (Å²) >= 11 is 0. The molecule has 0 aliphatic rings. The van der Waals surface area contributed by atoms with Crippen LogP contribution in [0.15, 0.2) is 0 Å². The van der Waals surface area contributed by atoms with E-state index in [1.807, 2.05) is 0 Å². The van der Waals surface area contributed by atoms with E-state index >= 15 is 0 Å². The van der Waals surface area contributed by atoms with Crippen molar-refractivity contribution in [3.05, 3.63) is 0 Å². The number of rotatable bonds is 2. The summed E-state index contributed by atoms with van der Waals surface area (Å²) in [5.41, 5.74) is 5.48. The molecule has 0 aromatic rings. The third-order valence-electron chi connectivity index (χ3n) is 2.05. The standard InChI is InChI=1S/C6H15NO2S/c1-5(7)6(2,3)10(4,8)9/h5H,7H2,1-4H3. The van der Waals surface area contributed by atoms with E-state index in [-0.39, 0.29) is 6.04 Å². The lowest BCUT2D eigenvalue weighted by Gasteiger charge is -2.26. The Bertz CT molecular complexity index is 204. The van der Waals surface area contributed by atoms with Gasteiger partial charge >= 0.3 is 0 Å². The van der Waals surface area contributed by atoms with Crippen LogP contribution in [0.25, 0.3) is 0 Å². The molecular formula is C6H15NO2S. The Balaban J connectivity index is 4.76. The van der Waals surface area contributed by atoms with Crippen LogP contribution in [-0.2, 0) is 9.84 Å². The van der Waals surface area contributed by atoms with Crippen LogP contribution in [0.1, 0.15) is 20.8 Å². The van der Waals surface area contributed by atoms with Gasteiger partial charge in [0.25, 0.3) is 0 Å². The van der Waals surface area contributed by atoms with Gasteiger partial charge in [0.1, 0.15) is 0 Å². The first-order valence-corrected chi connectivity index (χ1v) is 5.04. The summed E-state index contributed by atoms with van der Waals surface area (Å²) in [6.07, 6.45) is 1.20. The summed E-state index contributed by atoms with van der Waals surface area (Å²) in [6, 6.07) is -0.331. The fourth-order valence-corrected chi connectivity index (χ4v) is 1.01. The first kappa shape index (κ1) is 9.91. The average molecular weight is 165 g/mol. The Kier molecular flexibility index (Phi) is 2.49. The predicted molar refractivity (Wildman–Crippen MR) is 42.6 cm³/mol. The van der Waals surface area contributed by atoms with Gasteiger partial charge in [-0.05, 0) is 20.8 Å². The predicted octanol–water partition coefficient (Wildman–Crippen LogP) is 0.157. The molecule has 0 saturated heterocycles. The molecule has 0 amide bonds. The highest BCUT2D eigenvalue weighted by molar-refractivity contribution is 7.92. The van der Waals surface area contributed by atoms with Crippen LogP contribution in [-0.4, -0.2) is 25.5 Å². The van der Waals surface area contributed by atoms with Gasteiger partial charge < -0.3 is 5.73 Å². The van der Waals surface area contributed by atoms with Gasteiger partial charge in [0.2, 0.25) is 0 Å². The fraction of sp³-hybridized carbons (Fsp3) is 1.00. The quantitative estimate of drug-likeness (QED) is 0.634. The Morgan fingerprint density at radius 2 is 1.70 bits per heavy atom. The summed E-state index contributed by atoms with van der Waals surface area (Å²) in [4.78, 5) is 0. The van der Waals surface area contributed by atoms with Crippen LogP contribution in [0.3, 0.4) is 0 Å². The van der Waals surface area contributed by atoms with E-state index < -0.39 is 14.6 Å². The number of hydrogen-bond acceptors (Lipinski definition) is 3. The van der Waals surface area contributed by atoms with Crippen molar-refractivity contribution >= 4 is 9.84 Å². The second-order valence-electron chi connectivity index (χ2n) is 3.16.